The fraction of sp³-hybridized carbons (Fsp3) is 0.459. The number of rotatable bonds is 8. The maximum absolute atomic E-state index is 13.8. The van der Waals surface area contributed by atoms with E-state index in [1.54, 1.807) is 7.11 Å². The number of aromatic nitrogens is 3. The van der Waals surface area contributed by atoms with Gasteiger partial charge in [0.05, 0.1) is 18.7 Å². The van der Waals surface area contributed by atoms with Crippen LogP contribution in [0.2, 0.25) is 0 Å². The molecule has 5 aliphatic heterocycles. The number of fused-ring (bicyclic) bond motifs is 5. The quantitative estimate of drug-likeness (QED) is 0.244. The summed E-state index contributed by atoms with van der Waals surface area (Å²) < 4.78 is 12.5. The maximum Gasteiger partial charge on any atom is 0.249 e. The summed E-state index contributed by atoms with van der Waals surface area (Å²) in [4.78, 5) is 25.2. The fourth-order valence-corrected chi connectivity index (χ4v) is 8.53. The third kappa shape index (κ3) is 5.14. The van der Waals surface area contributed by atoms with E-state index in [9.17, 15) is 4.79 Å². The molecule has 0 spiro atoms. The van der Waals surface area contributed by atoms with Crippen LogP contribution in [-0.2, 0) is 11.2 Å². The van der Waals surface area contributed by atoms with Crippen molar-refractivity contribution >= 4 is 28.3 Å². The summed E-state index contributed by atoms with van der Waals surface area (Å²) >= 11 is 0. The first-order valence-electron chi connectivity index (χ1n) is 16.9. The van der Waals surface area contributed by atoms with Gasteiger partial charge in [-0.1, -0.05) is 31.5 Å². The number of para-hydroxylation sites is 1. The molecule has 5 aliphatic rings. The molecule has 4 saturated heterocycles. The highest BCUT2D eigenvalue weighted by atomic mass is 16.5. The molecule has 4 fully saturated rings. The van der Waals surface area contributed by atoms with Gasteiger partial charge in [0, 0.05) is 48.5 Å². The predicted octanol–water partition coefficient (Wildman–Crippen LogP) is 5.83. The molecule has 2 aromatic carbocycles. The molecule has 0 saturated carbocycles. The van der Waals surface area contributed by atoms with Crippen molar-refractivity contribution in [2.45, 2.75) is 63.6 Å². The van der Waals surface area contributed by atoms with Crippen molar-refractivity contribution in [2.24, 2.45) is 11.8 Å². The minimum atomic E-state index is -0.241. The Bertz CT molecular complexity index is 1730. The molecule has 0 radical (unpaired) electrons. The van der Waals surface area contributed by atoms with Gasteiger partial charge in [-0.3, -0.25) is 14.7 Å². The second kappa shape index (κ2) is 12.2. The monoisotopic (exact) mass is 618 g/mol. The van der Waals surface area contributed by atoms with Crippen LogP contribution >= 0.6 is 0 Å². The van der Waals surface area contributed by atoms with E-state index in [2.05, 4.69) is 56.2 Å². The summed E-state index contributed by atoms with van der Waals surface area (Å²) in [7, 11) is 1.70. The first kappa shape index (κ1) is 29.2. The zero-order valence-corrected chi connectivity index (χ0v) is 26.7. The molecule has 6 atom stereocenters. The summed E-state index contributed by atoms with van der Waals surface area (Å²) in [5, 5.41) is 10.3. The Morgan fingerprint density at radius 1 is 1.02 bits per heavy atom. The lowest BCUT2D eigenvalue weighted by molar-refractivity contribution is -0.119. The number of amides is 1. The summed E-state index contributed by atoms with van der Waals surface area (Å²) in [6.07, 6.45) is 7.86. The Kier molecular flexibility index (Phi) is 7.72. The van der Waals surface area contributed by atoms with Crippen LogP contribution in [0.4, 0.5) is 11.5 Å². The zero-order valence-electron chi connectivity index (χ0n) is 26.7. The number of ether oxygens (including phenoxy) is 2. The van der Waals surface area contributed by atoms with Gasteiger partial charge in [-0.05, 0) is 92.4 Å². The first-order chi connectivity index (χ1) is 22.6. The van der Waals surface area contributed by atoms with Crippen LogP contribution in [0.5, 0.6) is 11.6 Å². The summed E-state index contributed by atoms with van der Waals surface area (Å²) in [6.45, 7) is 6.03. The van der Waals surface area contributed by atoms with Crippen LogP contribution in [0.25, 0.3) is 10.9 Å². The molecule has 46 heavy (non-hydrogen) atoms. The predicted molar refractivity (Wildman–Crippen MR) is 178 cm³/mol. The van der Waals surface area contributed by atoms with E-state index in [4.69, 9.17) is 9.47 Å². The van der Waals surface area contributed by atoms with Gasteiger partial charge in [0.2, 0.25) is 11.8 Å². The minimum Gasteiger partial charge on any atom is -0.497 e. The van der Waals surface area contributed by atoms with Crippen molar-refractivity contribution in [1.82, 2.24) is 20.1 Å². The third-order valence-corrected chi connectivity index (χ3v) is 11.0. The van der Waals surface area contributed by atoms with Crippen LogP contribution in [0.1, 0.15) is 56.3 Å². The van der Waals surface area contributed by atoms with Crippen LogP contribution in [0.15, 0.2) is 66.9 Å². The molecule has 0 N–H and O–H groups in total. The van der Waals surface area contributed by atoms with Gasteiger partial charge >= 0.3 is 0 Å². The number of methoxy groups -OCH3 is 1. The molecule has 238 valence electrons. The SMILES string of the molecule is CC[C@H]1CN2CCC1CC2[C@@H](Oc1ccc(N2CCC[C@@H]2C(=O)N2CCc3ccccc32)nn1)c1ccnc2ccc(OC)cc12. The number of pyridine rings is 1. The van der Waals surface area contributed by atoms with E-state index >= 15 is 0 Å². The molecule has 4 aromatic rings. The Balaban J connectivity index is 1.07. The topological polar surface area (TPSA) is 83.9 Å². The molecule has 3 unspecified atom stereocenters. The Morgan fingerprint density at radius 2 is 1.93 bits per heavy atom. The highest BCUT2D eigenvalue weighted by Gasteiger charge is 2.44. The largest absolute Gasteiger partial charge is 0.497 e. The van der Waals surface area contributed by atoms with E-state index in [0.717, 1.165) is 91.5 Å². The highest BCUT2D eigenvalue weighted by molar-refractivity contribution is 6.00. The van der Waals surface area contributed by atoms with Crippen LogP contribution < -0.4 is 19.3 Å². The third-order valence-electron chi connectivity index (χ3n) is 11.0. The van der Waals surface area contributed by atoms with Crippen molar-refractivity contribution in [1.29, 1.82) is 0 Å². The molecule has 9 nitrogen and oxygen atoms in total. The molecule has 2 bridgehead atoms. The van der Waals surface area contributed by atoms with Gasteiger partial charge in [-0.2, -0.15) is 0 Å². The molecular weight excluding hydrogens is 576 g/mol. The van der Waals surface area contributed by atoms with Crippen molar-refractivity contribution < 1.29 is 14.3 Å². The Hall–Kier alpha value is -4.24. The number of hydrogen-bond acceptors (Lipinski definition) is 8. The van der Waals surface area contributed by atoms with Crippen LogP contribution in [0, 0.1) is 11.8 Å². The van der Waals surface area contributed by atoms with Crippen molar-refractivity contribution in [2.75, 3.05) is 43.1 Å². The number of carbonyl (C=O) groups is 1. The number of anilines is 2. The van der Waals surface area contributed by atoms with Crippen molar-refractivity contribution in [3.8, 4) is 11.6 Å². The lowest BCUT2D eigenvalue weighted by atomic mass is 9.72. The second-order valence-corrected chi connectivity index (χ2v) is 13.3. The smallest absolute Gasteiger partial charge is 0.249 e. The van der Waals surface area contributed by atoms with Crippen LogP contribution in [-0.4, -0.2) is 71.4 Å². The van der Waals surface area contributed by atoms with Gasteiger partial charge < -0.3 is 19.3 Å². The molecular formula is C37H42N6O3. The summed E-state index contributed by atoms with van der Waals surface area (Å²) in [6, 6.07) is 20.2. The Morgan fingerprint density at radius 3 is 2.74 bits per heavy atom. The molecule has 0 aliphatic carbocycles. The van der Waals surface area contributed by atoms with Gasteiger partial charge in [-0.25, -0.2) is 0 Å². The number of hydrogen-bond donors (Lipinski definition) is 0. The van der Waals surface area contributed by atoms with E-state index in [1.807, 2.05) is 47.5 Å². The second-order valence-electron chi connectivity index (χ2n) is 13.3. The molecule has 7 heterocycles. The normalized spacial score (nSPS) is 25.9. The molecule has 9 heteroatoms. The fourth-order valence-electron chi connectivity index (χ4n) is 8.53. The molecule has 1 amide bonds. The minimum absolute atomic E-state index is 0.149. The number of piperidine rings is 3. The van der Waals surface area contributed by atoms with Crippen LogP contribution in [0.3, 0.4) is 0 Å². The van der Waals surface area contributed by atoms with E-state index in [-0.39, 0.29) is 24.1 Å². The highest BCUT2D eigenvalue weighted by Crippen LogP contribution is 2.44. The lowest BCUT2D eigenvalue weighted by Crippen LogP contribution is -2.56. The lowest BCUT2D eigenvalue weighted by Gasteiger charge is -2.51. The first-order valence-corrected chi connectivity index (χ1v) is 16.9. The molecule has 9 rings (SSSR count). The number of carbonyl (C=O) groups excluding carboxylic acids is 1. The zero-order chi connectivity index (χ0) is 31.2. The average Bonchev–Trinajstić information content (AvgIpc) is 3.78. The number of benzene rings is 2. The van der Waals surface area contributed by atoms with Crippen molar-refractivity contribution in [3.05, 3.63) is 78.0 Å². The summed E-state index contributed by atoms with van der Waals surface area (Å²) in [5.74, 6) is 3.60. The van der Waals surface area contributed by atoms with E-state index < -0.39 is 0 Å². The number of nitrogens with zero attached hydrogens (tertiary/aromatic N) is 6. The van der Waals surface area contributed by atoms with Gasteiger partial charge in [0.15, 0.2) is 5.82 Å². The van der Waals surface area contributed by atoms with Gasteiger partial charge in [-0.15, -0.1) is 10.2 Å². The van der Waals surface area contributed by atoms with Gasteiger partial charge in [0.25, 0.3) is 0 Å². The van der Waals surface area contributed by atoms with Gasteiger partial charge in [0.1, 0.15) is 17.9 Å². The standard InChI is InChI=1S/C37H42N6O3/c1-3-24-23-41-19-15-26(24)21-33(41)36(28-14-17-38-30-11-10-27(45-2)22-29(28)30)46-35-13-12-34(39-40-35)42-18-6-9-32(42)37(44)43-20-16-25-7-4-5-8-31(25)43/h4-5,7-8,10-14,17,22,24,26,32-33,36H,3,6,9,15-16,18-21,23H2,1-2H3/t24-,26?,32+,33?,36-/m0/s1. The van der Waals surface area contributed by atoms with Crippen molar-refractivity contribution in [3.63, 3.8) is 0 Å². The molecule has 2 aromatic heterocycles. The maximum atomic E-state index is 13.8. The summed E-state index contributed by atoms with van der Waals surface area (Å²) in [5.41, 5.74) is 4.29. The average molecular weight is 619 g/mol. The van der Waals surface area contributed by atoms with E-state index in [1.165, 1.54) is 18.4 Å². The Labute approximate surface area is 270 Å². The van der Waals surface area contributed by atoms with E-state index in [0.29, 0.717) is 11.8 Å².